The molecule has 1 fully saturated rings. The van der Waals surface area contributed by atoms with Crippen LogP contribution in [0.3, 0.4) is 0 Å². The van der Waals surface area contributed by atoms with Crippen molar-refractivity contribution in [2.24, 2.45) is 0 Å². The highest BCUT2D eigenvalue weighted by molar-refractivity contribution is 9.10. The van der Waals surface area contributed by atoms with E-state index in [4.69, 9.17) is 5.73 Å². The van der Waals surface area contributed by atoms with E-state index in [0.717, 1.165) is 10.0 Å². The van der Waals surface area contributed by atoms with E-state index in [1.165, 1.54) is 0 Å². The van der Waals surface area contributed by atoms with Gasteiger partial charge >= 0.3 is 0 Å². The number of aromatic nitrogens is 4. The van der Waals surface area contributed by atoms with E-state index >= 15 is 0 Å². The van der Waals surface area contributed by atoms with E-state index < -0.39 is 9.84 Å². The van der Waals surface area contributed by atoms with Gasteiger partial charge in [-0.1, -0.05) is 15.9 Å². The molecule has 1 aromatic heterocycles. The van der Waals surface area contributed by atoms with Gasteiger partial charge in [-0.05, 0) is 35.0 Å². The van der Waals surface area contributed by atoms with Gasteiger partial charge in [-0.25, -0.2) is 13.1 Å². The summed E-state index contributed by atoms with van der Waals surface area (Å²) in [6.45, 7) is 0. The van der Waals surface area contributed by atoms with Gasteiger partial charge in [0.2, 0.25) is 0 Å². The molecule has 1 unspecified atom stereocenters. The van der Waals surface area contributed by atoms with Crippen LogP contribution in [0.4, 0.5) is 5.69 Å². The molecule has 106 valence electrons. The molecule has 1 aliphatic heterocycles. The molecule has 1 aromatic carbocycles. The van der Waals surface area contributed by atoms with Crippen molar-refractivity contribution < 1.29 is 8.42 Å². The normalized spacial score (nSPS) is 21.1. The minimum atomic E-state index is -2.99. The second-order valence-electron chi connectivity index (χ2n) is 4.78. The molecule has 1 saturated heterocycles. The number of anilines is 1. The van der Waals surface area contributed by atoms with Crippen LogP contribution in [0.15, 0.2) is 22.7 Å². The van der Waals surface area contributed by atoms with Crippen LogP contribution in [-0.2, 0) is 9.84 Å². The molecular formula is C11H12BrN5O2S. The van der Waals surface area contributed by atoms with Crippen molar-refractivity contribution in [2.45, 2.75) is 12.5 Å². The number of nitrogens with two attached hydrogens (primary N) is 1. The van der Waals surface area contributed by atoms with Crippen molar-refractivity contribution in [1.82, 2.24) is 20.2 Å². The van der Waals surface area contributed by atoms with Gasteiger partial charge in [0.05, 0.1) is 17.5 Å². The Hall–Kier alpha value is -1.48. The van der Waals surface area contributed by atoms with Gasteiger partial charge in [0.1, 0.15) is 0 Å². The Kier molecular flexibility index (Phi) is 3.25. The zero-order chi connectivity index (χ0) is 14.3. The number of nitrogens with zero attached hydrogens (tertiary/aromatic N) is 4. The molecular weight excluding hydrogens is 346 g/mol. The van der Waals surface area contributed by atoms with Gasteiger partial charge in [0, 0.05) is 15.7 Å². The summed E-state index contributed by atoms with van der Waals surface area (Å²) in [5.74, 6) is 0.784. The zero-order valence-electron chi connectivity index (χ0n) is 10.4. The molecule has 0 spiro atoms. The summed E-state index contributed by atoms with van der Waals surface area (Å²) < 4.78 is 25.6. The molecule has 0 radical (unpaired) electrons. The van der Waals surface area contributed by atoms with Gasteiger partial charge in [-0.3, -0.25) is 0 Å². The Balaban J connectivity index is 2.02. The maximum Gasteiger partial charge on any atom is 0.182 e. The summed E-state index contributed by atoms with van der Waals surface area (Å²) in [7, 11) is -2.99. The fraction of sp³-hybridized carbons (Fsp3) is 0.364. The minimum absolute atomic E-state index is 0.0779. The lowest BCUT2D eigenvalue weighted by atomic mass is 10.2. The molecule has 1 atom stereocenters. The van der Waals surface area contributed by atoms with Crippen molar-refractivity contribution in [3.8, 4) is 11.4 Å². The minimum Gasteiger partial charge on any atom is -0.399 e. The molecule has 2 aromatic rings. The Labute approximate surface area is 124 Å². The Bertz CT molecular complexity index is 738. The molecule has 9 heteroatoms. The van der Waals surface area contributed by atoms with E-state index in [9.17, 15) is 8.42 Å². The van der Waals surface area contributed by atoms with Crippen LogP contribution >= 0.6 is 15.9 Å². The fourth-order valence-corrected chi connectivity index (χ4v) is 4.54. The first-order valence-corrected chi connectivity index (χ1v) is 8.61. The van der Waals surface area contributed by atoms with Crippen molar-refractivity contribution in [3.05, 3.63) is 22.7 Å². The Morgan fingerprint density at radius 3 is 2.80 bits per heavy atom. The maximum absolute atomic E-state index is 11.6. The van der Waals surface area contributed by atoms with Gasteiger partial charge in [-0.15, -0.1) is 5.10 Å². The van der Waals surface area contributed by atoms with E-state index in [2.05, 4.69) is 31.5 Å². The van der Waals surface area contributed by atoms with E-state index in [1.807, 2.05) is 6.07 Å². The summed E-state index contributed by atoms with van der Waals surface area (Å²) in [5.41, 5.74) is 7.15. The Morgan fingerprint density at radius 2 is 2.15 bits per heavy atom. The first-order chi connectivity index (χ1) is 9.44. The van der Waals surface area contributed by atoms with E-state index in [1.54, 1.807) is 16.8 Å². The number of rotatable bonds is 2. The lowest BCUT2D eigenvalue weighted by Crippen LogP contribution is -2.14. The summed E-state index contributed by atoms with van der Waals surface area (Å²) in [6, 6.07) is 5.17. The molecule has 0 saturated carbocycles. The summed E-state index contributed by atoms with van der Waals surface area (Å²) in [4.78, 5) is 0. The summed E-state index contributed by atoms with van der Waals surface area (Å²) in [6.07, 6.45) is 0.532. The number of sulfone groups is 1. The zero-order valence-corrected chi connectivity index (χ0v) is 12.8. The molecule has 1 aliphatic rings. The highest BCUT2D eigenvalue weighted by Crippen LogP contribution is 2.29. The molecule has 2 N–H and O–H groups in total. The predicted octanol–water partition coefficient (Wildman–Crippen LogP) is 1.04. The molecule has 0 amide bonds. The topological polar surface area (TPSA) is 104 Å². The second kappa shape index (κ2) is 4.81. The van der Waals surface area contributed by atoms with Crippen molar-refractivity contribution in [1.29, 1.82) is 0 Å². The van der Waals surface area contributed by atoms with Crippen molar-refractivity contribution in [2.75, 3.05) is 17.2 Å². The number of hydrogen-bond acceptors (Lipinski definition) is 6. The largest absolute Gasteiger partial charge is 0.399 e. The number of halogens is 1. The highest BCUT2D eigenvalue weighted by Gasteiger charge is 2.31. The summed E-state index contributed by atoms with van der Waals surface area (Å²) >= 11 is 3.37. The standard InChI is InChI=1S/C11H12BrN5O2S/c12-8-3-7(4-9(13)5-8)11-14-15-16-17(11)10-1-2-20(18,19)6-10/h3-5,10H,1-2,6,13H2. The van der Waals surface area contributed by atoms with Gasteiger partial charge in [0.15, 0.2) is 15.7 Å². The number of nitrogen functional groups attached to an aromatic ring is 1. The molecule has 2 heterocycles. The van der Waals surface area contributed by atoms with Gasteiger partial charge in [-0.2, -0.15) is 0 Å². The molecule has 0 bridgehead atoms. The van der Waals surface area contributed by atoms with Crippen LogP contribution in [-0.4, -0.2) is 40.1 Å². The van der Waals surface area contributed by atoms with Crippen molar-refractivity contribution in [3.63, 3.8) is 0 Å². The smallest absolute Gasteiger partial charge is 0.182 e. The third-order valence-electron chi connectivity index (χ3n) is 3.23. The fourth-order valence-electron chi connectivity index (χ4n) is 2.34. The molecule has 3 rings (SSSR count). The Morgan fingerprint density at radius 1 is 1.35 bits per heavy atom. The third-order valence-corrected chi connectivity index (χ3v) is 5.43. The van der Waals surface area contributed by atoms with Crippen molar-refractivity contribution >= 4 is 31.5 Å². The molecule has 0 aliphatic carbocycles. The van der Waals surface area contributed by atoms with E-state index in [0.29, 0.717) is 17.9 Å². The third kappa shape index (κ3) is 2.55. The van der Waals surface area contributed by atoms with Crippen LogP contribution in [0.25, 0.3) is 11.4 Å². The second-order valence-corrected chi connectivity index (χ2v) is 7.92. The van der Waals surface area contributed by atoms with Crippen LogP contribution in [0.5, 0.6) is 0 Å². The van der Waals surface area contributed by atoms with Crippen LogP contribution < -0.4 is 5.73 Å². The van der Waals surface area contributed by atoms with Crippen LogP contribution in [0, 0.1) is 0 Å². The average molecular weight is 358 g/mol. The van der Waals surface area contributed by atoms with E-state index in [-0.39, 0.29) is 17.5 Å². The summed E-state index contributed by atoms with van der Waals surface area (Å²) in [5, 5.41) is 11.6. The first kappa shape index (κ1) is 13.5. The van der Waals surface area contributed by atoms with Crippen LogP contribution in [0.2, 0.25) is 0 Å². The first-order valence-electron chi connectivity index (χ1n) is 5.99. The van der Waals surface area contributed by atoms with Gasteiger partial charge < -0.3 is 5.73 Å². The van der Waals surface area contributed by atoms with Crippen LogP contribution in [0.1, 0.15) is 12.5 Å². The molecule has 7 nitrogen and oxygen atoms in total. The molecule has 20 heavy (non-hydrogen) atoms. The quantitative estimate of drug-likeness (QED) is 0.805. The maximum atomic E-state index is 11.6. The number of hydrogen-bond donors (Lipinski definition) is 1. The lowest BCUT2D eigenvalue weighted by molar-refractivity contribution is 0.489. The number of benzene rings is 1. The predicted molar refractivity (Wildman–Crippen MR) is 77.7 cm³/mol. The monoisotopic (exact) mass is 357 g/mol. The average Bonchev–Trinajstić information content (AvgIpc) is 2.93. The number of tetrazole rings is 1. The van der Waals surface area contributed by atoms with Gasteiger partial charge in [0.25, 0.3) is 0 Å². The highest BCUT2D eigenvalue weighted by atomic mass is 79.9. The SMILES string of the molecule is Nc1cc(Br)cc(-c2nnnn2C2CCS(=O)(=O)C2)c1. The lowest BCUT2D eigenvalue weighted by Gasteiger charge is -2.10.